The normalized spacial score (nSPS) is 22.5. The number of carbonyl (C=O) groups is 2. The summed E-state index contributed by atoms with van der Waals surface area (Å²) in [7, 11) is 1.40. The van der Waals surface area contributed by atoms with Gasteiger partial charge in [0.05, 0.1) is 6.10 Å². The van der Waals surface area contributed by atoms with Crippen molar-refractivity contribution in [2.24, 2.45) is 7.05 Å². The second kappa shape index (κ2) is 4.81. The quantitative estimate of drug-likeness (QED) is 0.670. The number of hydrogen-bond donors (Lipinski definition) is 2. The lowest BCUT2D eigenvalue weighted by atomic mass is 10.2. The van der Waals surface area contributed by atoms with E-state index in [-0.39, 0.29) is 24.2 Å². The van der Waals surface area contributed by atoms with Gasteiger partial charge in [-0.15, -0.1) is 0 Å². The third-order valence-corrected chi connectivity index (χ3v) is 3.00. The lowest BCUT2D eigenvalue weighted by Crippen LogP contribution is -2.41. The Hall–Kier alpha value is -2.22. The van der Waals surface area contributed by atoms with E-state index >= 15 is 0 Å². The maximum atomic E-state index is 12.1. The molecule has 2 N–H and O–H groups in total. The highest BCUT2D eigenvalue weighted by Crippen LogP contribution is 2.20. The number of aliphatic hydroxyl groups excluding tert-OH is 1. The molecule has 1 unspecified atom stereocenters. The molecule has 1 aliphatic heterocycles. The number of nitrogens with zero attached hydrogens (tertiary/aromatic N) is 3. The molecule has 0 bridgehead atoms. The second-order valence-electron chi connectivity index (χ2n) is 4.38. The zero-order chi connectivity index (χ0) is 14.2. The molecule has 8 nitrogen and oxygen atoms in total. The number of likely N-dealkylation sites (tertiary alicyclic amines) is 1. The smallest absolute Gasteiger partial charge is 0.326 e. The maximum Gasteiger partial charge on any atom is 0.326 e. The Morgan fingerprint density at radius 2 is 2.11 bits per heavy atom. The average molecular weight is 267 g/mol. The number of carboxylic acids is 1. The van der Waals surface area contributed by atoms with Crippen molar-refractivity contribution in [3.05, 3.63) is 28.2 Å². The van der Waals surface area contributed by atoms with E-state index in [1.807, 2.05) is 0 Å². The lowest BCUT2D eigenvalue weighted by Gasteiger charge is -2.20. The molecule has 0 saturated carbocycles. The average Bonchev–Trinajstić information content (AvgIpc) is 2.74. The van der Waals surface area contributed by atoms with Crippen molar-refractivity contribution in [2.75, 3.05) is 6.54 Å². The van der Waals surface area contributed by atoms with Crippen LogP contribution in [0.4, 0.5) is 0 Å². The van der Waals surface area contributed by atoms with Crippen LogP contribution in [0.1, 0.15) is 16.9 Å². The van der Waals surface area contributed by atoms with Crippen LogP contribution in [-0.4, -0.2) is 55.5 Å². The number of β-amino-alcohol motifs (C(OH)–C–C–N with tert-alkyl or cyclic N) is 1. The molecular formula is C11H13N3O5. The van der Waals surface area contributed by atoms with Crippen molar-refractivity contribution in [3.8, 4) is 0 Å². The molecule has 0 aliphatic carbocycles. The van der Waals surface area contributed by atoms with E-state index in [4.69, 9.17) is 5.11 Å². The first-order chi connectivity index (χ1) is 8.90. The van der Waals surface area contributed by atoms with Crippen LogP contribution in [0, 0.1) is 0 Å². The van der Waals surface area contributed by atoms with Crippen LogP contribution < -0.4 is 5.56 Å². The van der Waals surface area contributed by atoms with Gasteiger partial charge in [-0.05, 0) is 6.07 Å². The van der Waals surface area contributed by atoms with Gasteiger partial charge >= 0.3 is 5.97 Å². The Kier molecular flexibility index (Phi) is 3.34. The van der Waals surface area contributed by atoms with Crippen LogP contribution in [0.3, 0.4) is 0 Å². The number of carboxylic acid groups (broad SMARTS) is 1. The van der Waals surface area contributed by atoms with Crippen molar-refractivity contribution in [1.29, 1.82) is 0 Å². The number of aromatic nitrogens is 2. The van der Waals surface area contributed by atoms with Crippen molar-refractivity contribution in [3.63, 3.8) is 0 Å². The summed E-state index contributed by atoms with van der Waals surface area (Å²) in [6, 6.07) is 1.36. The molecule has 19 heavy (non-hydrogen) atoms. The van der Waals surface area contributed by atoms with Crippen LogP contribution >= 0.6 is 0 Å². The number of rotatable bonds is 2. The molecule has 0 aromatic carbocycles. The van der Waals surface area contributed by atoms with Gasteiger partial charge in [0.15, 0.2) is 0 Å². The summed E-state index contributed by atoms with van der Waals surface area (Å²) in [6.07, 6.45) is -0.870. The minimum atomic E-state index is -1.17. The largest absolute Gasteiger partial charge is 0.480 e. The van der Waals surface area contributed by atoms with Gasteiger partial charge in [-0.3, -0.25) is 9.59 Å². The zero-order valence-corrected chi connectivity index (χ0v) is 10.2. The Labute approximate surface area is 107 Å². The van der Waals surface area contributed by atoms with Crippen LogP contribution in [0.25, 0.3) is 0 Å². The fourth-order valence-corrected chi connectivity index (χ4v) is 2.04. The molecule has 0 radical (unpaired) electrons. The Morgan fingerprint density at radius 3 is 2.68 bits per heavy atom. The molecule has 1 amide bonds. The first-order valence-electron chi connectivity index (χ1n) is 5.66. The van der Waals surface area contributed by atoms with E-state index in [0.29, 0.717) is 0 Å². The Balaban J connectivity index is 2.30. The number of aliphatic hydroxyl groups is 1. The molecule has 1 fully saturated rings. The predicted molar refractivity (Wildman–Crippen MR) is 62.6 cm³/mol. The molecule has 102 valence electrons. The van der Waals surface area contributed by atoms with Crippen molar-refractivity contribution in [1.82, 2.24) is 14.7 Å². The number of amides is 1. The fraction of sp³-hybridized carbons (Fsp3) is 0.455. The van der Waals surface area contributed by atoms with Gasteiger partial charge in [-0.1, -0.05) is 0 Å². The standard InChI is InChI=1S/C11H13N3O5/c1-13-9(16)3-2-7(12-13)10(17)14-5-6(15)4-8(14)11(18)19/h2-3,6,8,15H,4-5H2,1H3,(H,18,19)/t6?,8-/m0/s1. The molecule has 2 rings (SSSR count). The summed E-state index contributed by atoms with van der Waals surface area (Å²) in [6.45, 7) is -0.0552. The van der Waals surface area contributed by atoms with E-state index in [1.54, 1.807) is 0 Å². The zero-order valence-electron chi connectivity index (χ0n) is 10.2. The molecule has 1 aliphatic rings. The summed E-state index contributed by atoms with van der Waals surface area (Å²) >= 11 is 0. The van der Waals surface area contributed by atoms with E-state index in [9.17, 15) is 19.5 Å². The van der Waals surface area contributed by atoms with Crippen LogP contribution in [0.2, 0.25) is 0 Å². The molecular weight excluding hydrogens is 254 g/mol. The van der Waals surface area contributed by atoms with Crippen LogP contribution in [-0.2, 0) is 11.8 Å². The predicted octanol–water partition coefficient (Wildman–Crippen LogP) is -1.56. The molecule has 1 aromatic rings. The highest BCUT2D eigenvalue weighted by atomic mass is 16.4. The van der Waals surface area contributed by atoms with E-state index in [0.717, 1.165) is 9.58 Å². The topological polar surface area (TPSA) is 113 Å². The molecule has 1 saturated heterocycles. The highest BCUT2D eigenvalue weighted by Gasteiger charge is 2.39. The summed E-state index contributed by atoms with van der Waals surface area (Å²) in [4.78, 5) is 35.4. The fourth-order valence-electron chi connectivity index (χ4n) is 2.04. The summed E-state index contributed by atoms with van der Waals surface area (Å²) in [5.41, 5.74) is -0.393. The molecule has 2 heterocycles. The monoisotopic (exact) mass is 267 g/mol. The van der Waals surface area contributed by atoms with Gasteiger partial charge < -0.3 is 15.1 Å². The van der Waals surface area contributed by atoms with Crippen LogP contribution in [0.15, 0.2) is 16.9 Å². The first-order valence-corrected chi connectivity index (χ1v) is 5.66. The first kappa shape index (κ1) is 13.2. The second-order valence-corrected chi connectivity index (χ2v) is 4.38. The third-order valence-electron chi connectivity index (χ3n) is 3.00. The number of aryl methyl sites for hydroxylation is 1. The Bertz CT molecular complexity index is 582. The van der Waals surface area contributed by atoms with E-state index < -0.39 is 24.0 Å². The van der Waals surface area contributed by atoms with E-state index in [1.165, 1.54) is 19.2 Å². The summed E-state index contributed by atoms with van der Waals surface area (Å²) in [5, 5.41) is 22.3. The number of carbonyl (C=O) groups excluding carboxylic acids is 1. The maximum absolute atomic E-state index is 12.1. The molecule has 1 aromatic heterocycles. The van der Waals surface area contributed by atoms with Gasteiger partial charge in [-0.25, -0.2) is 9.48 Å². The minimum absolute atomic E-state index is 0.00711. The van der Waals surface area contributed by atoms with Crippen molar-refractivity contribution in [2.45, 2.75) is 18.6 Å². The van der Waals surface area contributed by atoms with Gasteiger partial charge in [0.1, 0.15) is 11.7 Å². The number of aliphatic carboxylic acids is 1. The van der Waals surface area contributed by atoms with Gasteiger partial charge in [0.25, 0.3) is 11.5 Å². The van der Waals surface area contributed by atoms with Gasteiger partial charge in [-0.2, -0.15) is 5.10 Å². The van der Waals surface area contributed by atoms with Gasteiger partial charge in [0, 0.05) is 26.1 Å². The molecule has 2 atom stereocenters. The third kappa shape index (κ3) is 2.48. The minimum Gasteiger partial charge on any atom is -0.480 e. The molecule has 8 heteroatoms. The SMILES string of the molecule is Cn1nc(C(=O)N2CC(O)C[C@H]2C(=O)O)ccc1=O. The van der Waals surface area contributed by atoms with Crippen molar-refractivity contribution >= 4 is 11.9 Å². The summed E-state index contributed by atoms with van der Waals surface area (Å²) < 4.78 is 0.996. The summed E-state index contributed by atoms with van der Waals surface area (Å²) in [5.74, 6) is -1.78. The van der Waals surface area contributed by atoms with E-state index in [2.05, 4.69) is 5.10 Å². The Morgan fingerprint density at radius 1 is 1.42 bits per heavy atom. The van der Waals surface area contributed by atoms with Gasteiger partial charge in [0.2, 0.25) is 0 Å². The number of hydrogen-bond acceptors (Lipinski definition) is 5. The van der Waals surface area contributed by atoms with Crippen LogP contribution in [0.5, 0.6) is 0 Å². The lowest BCUT2D eigenvalue weighted by molar-refractivity contribution is -0.141. The van der Waals surface area contributed by atoms with Crippen molar-refractivity contribution < 1.29 is 19.8 Å². The molecule has 0 spiro atoms. The highest BCUT2D eigenvalue weighted by molar-refractivity contribution is 5.95.